The van der Waals surface area contributed by atoms with Gasteiger partial charge in [0.2, 0.25) is 0 Å². The number of esters is 1. The zero-order chi connectivity index (χ0) is 27.2. The average molecular weight is 514 g/mol. The molecule has 0 atom stereocenters. The van der Waals surface area contributed by atoms with Crippen LogP contribution in [0.2, 0.25) is 0 Å². The Morgan fingerprint density at radius 1 is 0.842 bits per heavy atom. The summed E-state index contributed by atoms with van der Waals surface area (Å²) in [5, 5.41) is 12.1. The highest BCUT2D eigenvalue weighted by molar-refractivity contribution is 5.96. The molecule has 0 aliphatic carbocycles. The predicted molar refractivity (Wildman–Crippen MR) is 150 cm³/mol. The highest BCUT2D eigenvalue weighted by Crippen LogP contribution is 2.41. The fraction of sp³-hybridized carbons (Fsp3) is 0.394. The van der Waals surface area contributed by atoms with Gasteiger partial charge >= 0.3 is 5.97 Å². The van der Waals surface area contributed by atoms with Crippen molar-refractivity contribution in [2.45, 2.75) is 50.5 Å². The van der Waals surface area contributed by atoms with Crippen molar-refractivity contribution in [3.8, 4) is 0 Å². The smallest absolute Gasteiger partial charge is 0.315 e. The molecule has 200 valence electrons. The summed E-state index contributed by atoms with van der Waals surface area (Å²) in [6.07, 6.45) is 3.07. The van der Waals surface area contributed by atoms with Gasteiger partial charge in [-0.3, -0.25) is 9.59 Å². The summed E-state index contributed by atoms with van der Waals surface area (Å²) in [7, 11) is 1.39. The number of methoxy groups -OCH3 is 1. The number of ether oxygens (including phenoxy) is 1. The van der Waals surface area contributed by atoms with Crippen LogP contribution in [0.1, 0.15) is 66.6 Å². The summed E-state index contributed by atoms with van der Waals surface area (Å²) in [5.41, 5.74) is 1.61. The van der Waals surface area contributed by atoms with Crippen molar-refractivity contribution in [3.05, 3.63) is 107 Å². The van der Waals surface area contributed by atoms with E-state index >= 15 is 0 Å². The summed E-state index contributed by atoms with van der Waals surface area (Å²) >= 11 is 0. The minimum atomic E-state index is -1.01. The highest BCUT2D eigenvalue weighted by atomic mass is 16.5. The molecule has 1 saturated heterocycles. The highest BCUT2D eigenvalue weighted by Gasteiger charge is 2.41. The van der Waals surface area contributed by atoms with Gasteiger partial charge < -0.3 is 14.7 Å². The first-order valence-electron chi connectivity index (χ1n) is 13.5. The first kappa shape index (κ1) is 27.7. The van der Waals surface area contributed by atoms with Gasteiger partial charge in [-0.1, -0.05) is 84.9 Å². The van der Waals surface area contributed by atoms with Crippen LogP contribution in [0.4, 0.5) is 0 Å². The lowest BCUT2D eigenvalue weighted by atomic mass is 9.72. The van der Waals surface area contributed by atoms with Crippen molar-refractivity contribution >= 4 is 11.8 Å². The van der Waals surface area contributed by atoms with Crippen molar-refractivity contribution < 1.29 is 19.4 Å². The summed E-state index contributed by atoms with van der Waals surface area (Å²) in [6, 6.07) is 27.3. The van der Waals surface area contributed by atoms with E-state index in [1.807, 2.05) is 98.8 Å². The van der Waals surface area contributed by atoms with Gasteiger partial charge in [0.1, 0.15) is 5.60 Å². The Bertz CT molecular complexity index is 1160. The minimum absolute atomic E-state index is 0.116. The van der Waals surface area contributed by atoms with Crippen LogP contribution in [-0.2, 0) is 20.5 Å². The summed E-state index contributed by atoms with van der Waals surface area (Å²) in [5.74, 6) is -0.0610. The molecule has 0 unspecified atom stereocenters. The van der Waals surface area contributed by atoms with Crippen LogP contribution in [-0.4, -0.2) is 48.5 Å². The molecule has 1 aliphatic heterocycles. The summed E-state index contributed by atoms with van der Waals surface area (Å²) in [4.78, 5) is 27.3. The SMILES string of the molecule is COC(=O)C(C)(C)c1ccc(C(=O)CCCN2CCC(C(O)(c3ccccc3)c3ccccc3)CC2)cc1. The normalized spacial score (nSPS) is 15.3. The van der Waals surface area contributed by atoms with E-state index in [4.69, 9.17) is 4.74 Å². The minimum Gasteiger partial charge on any atom is -0.468 e. The number of likely N-dealkylation sites (tertiary alicyclic amines) is 1. The lowest BCUT2D eigenvalue weighted by Crippen LogP contribution is -2.44. The molecule has 1 fully saturated rings. The van der Waals surface area contributed by atoms with Crippen LogP contribution in [0.5, 0.6) is 0 Å². The van der Waals surface area contributed by atoms with E-state index in [9.17, 15) is 14.7 Å². The van der Waals surface area contributed by atoms with Crippen molar-refractivity contribution in [1.29, 1.82) is 0 Å². The Kier molecular flexibility index (Phi) is 8.80. The molecule has 1 N–H and O–H groups in total. The van der Waals surface area contributed by atoms with E-state index in [0.29, 0.717) is 12.0 Å². The zero-order valence-corrected chi connectivity index (χ0v) is 22.7. The second-order valence-corrected chi connectivity index (χ2v) is 10.8. The first-order valence-corrected chi connectivity index (χ1v) is 13.5. The number of piperidine rings is 1. The second kappa shape index (κ2) is 12.1. The van der Waals surface area contributed by atoms with Crippen LogP contribution in [0.3, 0.4) is 0 Å². The maximum Gasteiger partial charge on any atom is 0.315 e. The molecular weight excluding hydrogens is 474 g/mol. The third kappa shape index (κ3) is 5.90. The molecule has 38 heavy (non-hydrogen) atoms. The maximum absolute atomic E-state index is 12.8. The van der Waals surface area contributed by atoms with Crippen LogP contribution in [0.25, 0.3) is 0 Å². The van der Waals surface area contributed by atoms with Gasteiger partial charge in [-0.25, -0.2) is 0 Å². The molecule has 1 aliphatic rings. The fourth-order valence-corrected chi connectivity index (χ4v) is 5.65. The first-order chi connectivity index (χ1) is 18.3. The number of aliphatic hydroxyl groups is 1. The third-order valence-corrected chi connectivity index (χ3v) is 8.11. The largest absolute Gasteiger partial charge is 0.468 e. The van der Waals surface area contributed by atoms with Crippen LogP contribution in [0, 0.1) is 5.92 Å². The van der Waals surface area contributed by atoms with Gasteiger partial charge in [-0.05, 0) is 75.4 Å². The molecular formula is C33H39NO4. The number of benzene rings is 3. The molecule has 4 rings (SSSR count). The van der Waals surface area contributed by atoms with Gasteiger partial charge in [0, 0.05) is 12.0 Å². The van der Waals surface area contributed by atoms with Crippen molar-refractivity contribution in [2.75, 3.05) is 26.7 Å². The maximum atomic E-state index is 12.8. The molecule has 3 aromatic rings. The van der Waals surface area contributed by atoms with Crippen molar-refractivity contribution in [3.63, 3.8) is 0 Å². The van der Waals surface area contributed by atoms with Crippen LogP contribution < -0.4 is 0 Å². The third-order valence-electron chi connectivity index (χ3n) is 8.11. The number of hydrogen-bond acceptors (Lipinski definition) is 5. The number of ketones is 1. The molecule has 0 saturated carbocycles. The topological polar surface area (TPSA) is 66.8 Å². The van der Waals surface area contributed by atoms with Gasteiger partial charge in [0.05, 0.1) is 12.5 Å². The molecule has 3 aromatic carbocycles. The Balaban J connectivity index is 1.31. The second-order valence-electron chi connectivity index (χ2n) is 10.8. The van der Waals surface area contributed by atoms with Gasteiger partial charge in [0.15, 0.2) is 5.78 Å². The van der Waals surface area contributed by atoms with E-state index < -0.39 is 11.0 Å². The van der Waals surface area contributed by atoms with Crippen LogP contribution >= 0.6 is 0 Å². The summed E-state index contributed by atoms with van der Waals surface area (Å²) < 4.78 is 4.90. The molecule has 0 bridgehead atoms. The van der Waals surface area contributed by atoms with E-state index in [0.717, 1.165) is 55.6 Å². The number of nitrogens with zero attached hydrogens (tertiary/aromatic N) is 1. The Hall–Kier alpha value is -3.28. The molecule has 5 nitrogen and oxygen atoms in total. The molecule has 1 heterocycles. The van der Waals surface area contributed by atoms with Gasteiger partial charge in [-0.15, -0.1) is 0 Å². The molecule has 0 radical (unpaired) electrons. The quantitative estimate of drug-likeness (QED) is 0.276. The molecule has 0 amide bonds. The van der Waals surface area contributed by atoms with E-state index in [1.165, 1.54) is 7.11 Å². The van der Waals surface area contributed by atoms with E-state index in [-0.39, 0.29) is 17.7 Å². The lowest BCUT2D eigenvalue weighted by molar-refractivity contribution is -0.146. The average Bonchev–Trinajstić information content (AvgIpc) is 2.97. The fourth-order valence-electron chi connectivity index (χ4n) is 5.65. The number of carbonyl (C=O) groups excluding carboxylic acids is 2. The number of Topliss-reactive ketones (excluding diaryl/α,β-unsaturated/α-hetero) is 1. The number of carbonyl (C=O) groups is 2. The summed E-state index contributed by atoms with van der Waals surface area (Å²) in [6.45, 7) is 6.30. The van der Waals surface area contributed by atoms with E-state index in [2.05, 4.69) is 4.90 Å². The van der Waals surface area contributed by atoms with Gasteiger partial charge in [0.25, 0.3) is 0 Å². The van der Waals surface area contributed by atoms with Crippen LogP contribution in [0.15, 0.2) is 84.9 Å². The number of hydrogen-bond donors (Lipinski definition) is 1. The standard InChI is InChI=1S/C33H39NO4/c1-32(2,31(36)38-3)26-18-16-25(17-19-26)30(35)15-10-22-34-23-20-29(21-24-34)33(37,27-11-6-4-7-12-27)28-13-8-5-9-14-28/h4-9,11-14,16-19,29,37H,10,15,20-24H2,1-3H3. The van der Waals surface area contributed by atoms with Gasteiger partial charge in [-0.2, -0.15) is 0 Å². The Morgan fingerprint density at radius 3 is 1.87 bits per heavy atom. The Morgan fingerprint density at radius 2 is 1.37 bits per heavy atom. The van der Waals surface area contributed by atoms with Crippen molar-refractivity contribution in [1.82, 2.24) is 4.90 Å². The molecule has 0 aromatic heterocycles. The predicted octanol–water partition coefficient (Wildman–Crippen LogP) is 5.75. The molecule has 0 spiro atoms. The molecule has 5 heteroatoms. The zero-order valence-electron chi connectivity index (χ0n) is 22.7. The van der Waals surface area contributed by atoms with E-state index in [1.54, 1.807) is 0 Å². The number of rotatable bonds is 10. The lowest BCUT2D eigenvalue weighted by Gasteiger charge is -2.42. The monoisotopic (exact) mass is 513 g/mol. The Labute approximate surface area is 226 Å². The van der Waals surface area contributed by atoms with Crippen molar-refractivity contribution in [2.24, 2.45) is 5.92 Å².